The summed E-state index contributed by atoms with van der Waals surface area (Å²) in [4.78, 5) is 27.2. The molecule has 1 heterocycles. The van der Waals surface area contributed by atoms with Gasteiger partial charge in [0, 0.05) is 26.3 Å². The molecule has 52 heavy (non-hydrogen) atoms. The summed E-state index contributed by atoms with van der Waals surface area (Å²) < 4.78 is 71.0. The Balaban J connectivity index is 1.23. The van der Waals surface area contributed by atoms with Gasteiger partial charge in [-0.05, 0) is 37.5 Å². The molecule has 0 fully saturated rings. The van der Waals surface area contributed by atoms with Crippen LogP contribution in [0, 0.1) is 6.92 Å². The number of nitrogens with zero attached hydrogens (tertiary/aromatic N) is 1. The summed E-state index contributed by atoms with van der Waals surface area (Å²) in [6.45, 7) is 9.46. The first-order valence-electron chi connectivity index (χ1n) is 17.3. The van der Waals surface area contributed by atoms with Crippen molar-refractivity contribution in [1.29, 1.82) is 0 Å². The molecule has 0 radical (unpaired) electrons. The normalized spacial score (nSPS) is 11.7. The van der Waals surface area contributed by atoms with Crippen LogP contribution in [-0.4, -0.2) is 142 Å². The molecule has 2 aromatic rings. The molecule has 16 nitrogen and oxygen atoms in total. The second-order valence-corrected chi connectivity index (χ2v) is 14.1. The van der Waals surface area contributed by atoms with E-state index in [2.05, 4.69) is 15.0 Å². The van der Waals surface area contributed by atoms with Gasteiger partial charge in [0.05, 0.1) is 111 Å². The fourth-order valence-electron chi connectivity index (χ4n) is 4.25. The van der Waals surface area contributed by atoms with Gasteiger partial charge in [-0.15, -0.1) is 0 Å². The van der Waals surface area contributed by atoms with Gasteiger partial charge >= 0.3 is 0 Å². The van der Waals surface area contributed by atoms with Gasteiger partial charge in [-0.2, -0.15) is 0 Å². The van der Waals surface area contributed by atoms with E-state index in [0.717, 1.165) is 29.7 Å². The first-order valence-corrected chi connectivity index (χ1v) is 19.6. The third kappa shape index (κ3) is 23.1. The average molecular weight is 778 g/mol. The highest BCUT2D eigenvalue weighted by Gasteiger charge is 2.21. The Morgan fingerprint density at radius 3 is 1.60 bits per heavy atom. The maximum atomic E-state index is 12.5. The molecule has 296 valence electrons. The summed E-state index contributed by atoms with van der Waals surface area (Å²) in [6.07, 6.45) is 2.51. The SMILES string of the molecule is CC(=O)Nc1nc(C)c(S(=O)(=O)NCCOCCOCCOCCOCCOCCOCCOCCOCCC(=O)CCCc2ccc(O)cc2)s1. The molecule has 0 spiro atoms. The van der Waals surface area contributed by atoms with Gasteiger partial charge < -0.3 is 48.3 Å². The highest BCUT2D eigenvalue weighted by molar-refractivity contribution is 7.91. The van der Waals surface area contributed by atoms with Crippen molar-refractivity contribution >= 4 is 38.2 Å². The fraction of sp³-hybridized carbons (Fsp3) is 0.676. The lowest BCUT2D eigenvalue weighted by molar-refractivity contribution is -0.120. The Morgan fingerprint density at radius 1 is 0.692 bits per heavy atom. The average Bonchev–Trinajstić information content (AvgIpc) is 3.48. The Morgan fingerprint density at radius 2 is 1.13 bits per heavy atom. The van der Waals surface area contributed by atoms with E-state index in [1.807, 2.05) is 12.1 Å². The Hall–Kier alpha value is -2.62. The largest absolute Gasteiger partial charge is 0.508 e. The molecule has 0 atom stereocenters. The van der Waals surface area contributed by atoms with Crippen LogP contribution in [0.2, 0.25) is 0 Å². The highest BCUT2D eigenvalue weighted by Crippen LogP contribution is 2.26. The number of aromatic hydroxyl groups is 1. The van der Waals surface area contributed by atoms with Gasteiger partial charge in [0.1, 0.15) is 11.5 Å². The summed E-state index contributed by atoms with van der Waals surface area (Å²) in [5.74, 6) is 0.103. The molecular weight excluding hydrogens is 723 g/mol. The molecule has 1 amide bonds. The summed E-state index contributed by atoms with van der Waals surface area (Å²) in [7, 11) is -3.75. The van der Waals surface area contributed by atoms with E-state index >= 15 is 0 Å². The molecule has 18 heteroatoms. The van der Waals surface area contributed by atoms with Crippen LogP contribution in [-0.2, 0) is 63.9 Å². The third-order valence-electron chi connectivity index (χ3n) is 6.81. The zero-order valence-electron chi connectivity index (χ0n) is 30.3. The van der Waals surface area contributed by atoms with Gasteiger partial charge in [-0.25, -0.2) is 18.1 Å². The number of phenolic OH excluding ortho intramolecular Hbond substituents is 1. The van der Waals surface area contributed by atoms with E-state index in [-0.39, 0.29) is 39.9 Å². The Bertz CT molecular complexity index is 1340. The molecule has 0 bridgehead atoms. The second kappa shape index (κ2) is 28.8. The van der Waals surface area contributed by atoms with Crippen LogP contribution in [0.1, 0.15) is 37.4 Å². The minimum absolute atomic E-state index is 0.0526. The number of benzene rings is 1. The first-order chi connectivity index (χ1) is 25.2. The molecule has 0 saturated carbocycles. The molecule has 1 aromatic heterocycles. The maximum absolute atomic E-state index is 12.5. The standard InChI is InChI=1S/C34H55N3O13S2/c1-28-33(51-34(36-28)37-29(2)38)52(41,42)35-11-13-44-15-17-46-19-21-48-23-25-50-27-26-49-24-22-47-20-18-45-16-14-43-12-10-31(39)5-3-4-30-6-8-32(40)9-7-30/h6-9,35,40H,3-5,10-27H2,1-2H3,(H,36,37,38). The van der Waals surface area contributed by atoms with Crippen LogP contribution < -0.4 is 10.0 Å². The molecule has 3 N–H and O–H groups in total. The van der Waals surface area contributed by atoms with Crippen molar-refractivity contribution in [3.8, 4) is 5.75 Å². The van der Waals surface area contributed by atoms with E-state index in [1.54, 1.807) is 19.1 Å². The lowest BCUT2D eigenvalue weighted by atomic mass is 10.1. The number of carbonyl (C=O) groups excluding carboxylic acids is 2. The predicted octanol–water partition coefficient (Wildman–Crippen LogP) is 2.51. The number of thiazole rings is 1. The predicted molar refractivity (Wildman–Crippen MR) is 194 cm³/mol. The molecule has 0 aliphatic heterocycles. The van der Waals surface area contributed by atoms with E-state index in [9.17, 15) is 23.1 Å². The van der Waals surface area contributed by atoms with Gasteiger partial charge in [0.25, 0.3) is 10.0 Å². The third-order valence-corrected chi connectivity index (χ3v) is 9.95. The zero-order chi connectivity index (χ0) is 37.7. The van der Waals surface area contributed by atoms with Crippen molar-refractivity contribution in [3.05, 3.63) is 35.5 Å². The monoisotopic (exact) mass is 777 g/mol. The van der Waals surface area contributed by atoms with E-state index in [1.165, 1.54) is 6.92 Å². The lowest BCUT2D eigenvalue weighted by Gasteiger charge is -2.09. The number of nitrogens with one attached hydrogen (secondary N) is 2. The number of carbonyl (C=O) groups is 2. The number of ketones is 1. The number of hydrogen-bond donors (Lipinski definition) is 3. The van der Waals surface area contributed by atoms with Crippen molar-refractivity contribution in [2.75, 3.05) is 118 Å². The van der Waals surface area contributed by atoms with E-state index in [0.29, 0.717) is 118 Å². The number of anilines is 1. The molecule has 0 aliphatic carbocycles. The van der Waals surface area contributed by atoms with Crippen LogP contribution >= 0.6 is 11.3 Å². The topological polar surface area (TPSA) is 199 Å². The molecule has 2 rings (SSSR count). The number of rotatable bonds is 34. The first kappa shape index (κ1) is 45.5. The zero-order valence-corrected chi connectivity index (χ0v) is 31.9. The number of Topliss-reactive ketones (excluding diaryl/α,β-unsaturated/α-hetero) is 1. The molecule has 0 saturated heterocycles. The lowest BCUT2D eigenvalue weighted by Crippen LogP contribution is -2.27. The number of phenols is 1. The second-order valence-electron chi connectivity index (χ2n) is 11.2. The van der Waals surface area contributed by atoms with Crippen molar-refractivity contribution in [1.82, 2.24) is 9.71 Å². The number of sulfonamides is 1. The van der Waals surface area contributed by atoms with Gasteiger partial charge in [0.2, 0.25) is 5.91 Å². The number of aryl methyl sites for hydroxylation is 2. The summed E-state index contributed by atoms with van der Waals surface area (Å²) in [5.41, 5.74) is 1.42. The number of amides is 1. The molecule has 0 aliphatic rings. The van der Waals surface area contributed by atoms with Crippen molar-refractivity contribution < 1.29 is 61.0 Å². The Kier molecular flexibility index (Phi) is 25.2. The van der Waals surface area contributed by atoms with E-state index < -0.39 is 10.0 Å². The number of ether oxygens (including phenoxy) is 8. The number of aromatic nitrogens is 1. The summed E-state index contributed by atoms with van der Waals surface area (Å²) in [5, 5.41) is 12.0. The quantitative estimate of drug-likeness (QED) is 0.0876. The maximum Gasteiger partial charge on any atom is 0.252 e. The van der Waals surface area contributed by atoms with Crippen LogP contribution in [0.3, 0.4) is 0 Å². The highest BCUT2D eigenvalue weighted by atomic mass is 32.2. The van der Waals surface area contributed by atoms with E-state index in [4.69, 9.17) is 37.9 Å². The van der Waals surface area contributed by atoms with Gasteiger partial charge in [0.15, 0.2) is 9.34 Å². The van der Waals surface area contributed by atoms with Gasteiger partial charge in [-0.3, -0.25) is 9.59 Å². The Labute approximate surface area is 310 Å². The van der Waals surface area contributed by atoms with Gasteiger partial charge in [-0.1, -0.05) is 23.5 Å². The smallest absolute Gasteiger partial charge is 0.252 e. The van der Waals surface area contributed by atoms with Crippen LogP contribution in [0.4, 0.5) is 5.13 Å². The van der Waals surface area contributed by atoms with Crippen LogP contribution in [0.5, 0.6) is 5.75 Å². The van der Waals surface area contributed by atoms with Crippen molar-refractivity contribution in [2.45, 2.75) is 43.7 Å². The summed E-state index contributed by atoms with van der Waals surface area (Å²) >= 11 is 0.893. The minimum Gasteiger partial charge on any atom is -0.508 e. The minimum atomic E-state index is -3.75. The molecule has 1 aromatic carbocycles. The fourth-order valence-corrected chi connectivity index (χ4v) is 6.77. The summed E-state index contributed by atoms with van der Waals surface area (Å²) in [6, 6.07) is 7.04. The number of hydrogen-bond acceptors (Lipinski definition) is 15. The molecule has 0 unspecified atom stereocenters. The van der Waals surface area contributed by atoms with Crippen molar-refractivity contribution in [3.63, 3.8) is 0 Å². The molecular formula is C34H55N3O13S2. The van der Waals surface area contributed by atoms with Crippen LogP contribution in [0.25, 0.3) is 0 Å². The van der Waals surface area contributed by atoms with Crippen molar-refractivity contribution in [2.24, 2.45) is 0 Å². The van der Waals surface area contributed by atoms with Crippen LogP contribution in [0.15, 0.2) is 28.5 Å².